The summed E-state index contributed by atoms with van der Waals surface area (Å²) in [6.45, 7) is 7.43. The van der Waals surface area contributed by atoms with Crippen LogP contribution in [-0.2, 0) is 9.53 Å². The summed E-state index contributed by atoms with van der Waals surface area (Å²) < 4.78 is 4.84. The molecular formula is C10H17NO2. The highest BCUT2D eigenvalue weighted by molar-refractivity contribution is 5.83. The quantitative estimate of drug-likeness (QED) is 0.520. The first-order valence-electron chi connectivity index (χ1n) is 4.69. The number of carbonyl (C=O) groups excluding carboxylic acids is 1. The first-order chi connectivity index (χ1) is 6.06. The second-order valence-electron chi connectivity index (χ2n) is 3.87. The number of esters is 1. The van der Waals surface area contributed by atoms with Gasteiger partial charge in [0, 0.05) is 23.7 Å². The number of hydrogen-bond acceptors (Lipinski definition) is 3. The van der Waals surface area contributed by atoms with Crippen molar-refractivity contribution >= 4 is 5.97 Å². The van der Waals surface area contributed by atoms with Gasteiger partial charge >= 0.3 is 5.97 Å². The first-order valence-corrected chi connectivity index (χ1v) is 4.69. The summed E-state index contributed by atoms with van der Waals surface area (Å²) in [5.41, 5.74) is 1.08. The topological polar surface area (TPSA) is 38.3 Å². The van der Waals surface area contributed by atoms with Crippen LogP contribution in [0.2, 0.25) is 0 Å². The molecule has 0 spiro atoms. The maximum atomic E-state index is 11.1. The third kappa shape index (κ3) is 2.47. The molecule has 0 aromatic heterocycles. The molecule has 1 N–H and O–H groups in total. The van der Waals surface area contributed by atoms with Crippen LogP contribution in [0.5, 0.6) is 0 Å². The van der Waals surface area contributed by atoms with Gasteiger partial charge in [-0.25, -0.2) is 4.79 Å². The summed E-state index contributed by atoms with van der Waals surface area (Å²) in [6, 6.07) is 0. The Hall–Kier alpha value is -0.990. The molecule has 0 radical (unpaired) electrons. The van der Waals surface area contributed by atoms with Crippen LogP contribution in [0, 0.1) is 5.41 Å². The second kappa shape index (κ2) is 3.81. The summed E-state index contributed by atoms with van der Waals surface area (Å²) in [5.74, 6) is -0.250. The van der Waals surface area contributed by atoms with E-state index in [1.807, 2.05) is 6.92 Å². The zero-order chi connectivity index (χ0) is 9.90. The van der Waals surface area contributed by atoms with Crippen LogP contribution in [0.15, 0.2) is 11.8 Å². The number of carbonyl (C=O) groups is 1. The predicted molar refractivity (Wildman–Crippen MR) is 51.1 cm³/mol. The van der Waals surface area contributed by atoms with Crippen LogP contribution in [-0.4, -0.2) is 19.1 Å². The molecule has 0 aliphatic carbocycles. The van der Waals surface area contributed by atoms with Crippen LogP contribution in [0.4, 0.5) is 0 Å². The third-order valence-electron chi connectivity index (χ3n) is 2.34. The normalized spacial score (nSPS) is 22.8. The van der Waals surface area contributed by atoms with Crippen molar-refractivity contribution < 1.29 is 9.53 Å². The average Bonchev–Trinajstić information content (AvgIpc) is 2.31. The molecule has 13 heavy (non-hydrogen) atoms. The number of allylic oxidation sites excluding steroid dienone is 1. The van der Waals surface area contributed by atoms with E-state index in [0.717, 1.165) is 18.7 Å². The summed E-state index contributed by atoms with van der Waals surface area (Å²) in [7, 11) is 0. The van der Waals surface area contributed by atoms with E-state index in [1.54, 1.807) is 6.08 Å². The van der Waals surface area contributed by atoms with E-state index in [0.29, 0.717) is 6.61 Å². The van der Waals surface area contributed by atoms with Crippen molar-refractivity contribution in [3.8, 4) is 0 Å². The van der Waals surface area contributed by atoms with Gasteiger partial charge in [-0.05, 0) is 13.3 Å². The summed E-state index contributed by atoms with van der Waals surface area (Å²) >= 11 is 0. The minimum atomic E-state index is -0.250. The molecule has 1 aliphatic heterocycles. The molecule has 1 saturated heterocycles. The fourth-order valence-electron chi connectivity index (χ4n) is 1.43. The van der Waals surface area contributed by atoms with E-state index in [2.05, 4.69) is 19.2 Å². The Morgan fingerprint density at radius 2 is 2.38 bits per heavy atom. The molecule has 0 aromatic rings. The minimum absolute atomic E-state index is 0.0900. The smallest absolute Gasteiger partial charge is 0.332 e. The molecule has 3 heteroatoms. The van der Waals surface area contributed by atoms with E-state index in [9.17, 15) is 4.79 Å². The number of rotatable bonds is 2. The Kier molecular flexibility index (Phi) is 2.96. The summed E-state index contributed by atoms with van der Waals surface area (Å²) in [6.07, 6.45) is 2.63. The number of nitrogens with one attached hydrogen (secondary N) is 1. The molecule has 1 fully saturated rings. The van der Waals surface area contributed by atoms with Gasteiger partial charge in [-0.3, -0.25) is 0 Å². The molecule has 0 unspecified atom stereocenters. The standard InChI is InChI=1S/C10H17NO2/c1-4-13-9(12)7-8-10(2,3)5-6-11-8/h7,11H,4-6H2,1-3H3. The Morgan fingerprint density at radius 1 is 1.69 bits per heavy atom. The van der Waals surface area contributed by atoms with E-state index in [-0.39, 0.29) is 11.4 Å². The highest BCUT2D eigenvalue weighted by Gasteiger charge is 2.29. The molecule has 3 nitrogen and oxygen atoms in total. The molecule has 0 saturated carbocycles. The average molecular weight is 183 g/mol. The predicted octanol–water partition coefficient (Wildman–Crippen LogP) is 1.45. The Bertz CT molecular complexity index is 231. The van der Waals surface area contributed by atoms with Crippen LogP contribution < -0.4 is 5.32 Å². The van der Waals surface area contributed by atoms with Gasteiger partial charge < -0.3 is 10.1 Å². The van der Waals surface area contributed by atoms with Crippen molar-refractivity contribution in [1.29, 1.82) is 0 Å². The summed E-state index contributed by atoms with van der Waals surface area (Å²) in [5, 5.41) is 3.20. The maximum absolute atomic E-state index is 11.1. The highest BCUT2D eigenvalue weighted by Crippen LogP contribution is 2.32. The zero-order valence-corrected chi connectivity index (χ0v) is 8.52. The third-order valence-corrected chi connectivity index (χ3v) is 2.34. The molecular weight excluding hydrogens is 166 g/mol. The van der Waals surface area contributed by atoms with Crippen molar-refractivity contribution in [3.63, 3.8) is 0 Å². The number of ether oxygens (including phenoxy) is 1. The Morgan fingerprint density at radius 3 is 2.85 bits per heavy atom. The van der Waals surface area contributed by atoms with Gasteiger partial charge in [0.25, 0.3) is 0 Å². The molecule has 0 bridgehead atoms. The SMILES string of the molecule is CCOC(=O)C=C1NCCC1(C)C. The van der Waals surface area contributed by atoms with E-state index in [4.69, 9.17) is 4.74 Å². The van der Waals surface area contributed by atoms with E-state index >= 15 is 0 Å². The molecule has 0 atom stereocenters. The lowest BCUT2D eigenvalue weighted by molar-refractivity contribution is -0.137. The maximum Gasteiger partial charge on any atom is 0.332 e. The van der Waals surface area contributed by atoms with Gasteiger partial charge in [0.05, 0.1) is 6.61 Å². The van der Waals surface area contributed by atoms with Gasteiger partial charge in [0.15, 0.2) is 0 Å². The molecule has 1 aliphatic rings. The first kappa shape index (κ1) is 10.1. The van der Waals surface area contributed by atoms with Crippen molar-refractivity contribution in [1.82, 2.24) is 5.32 Å². The lowest BCUT2D eigenvalue weighted by Crippen LogP contribution is -2.16. The monoisotopic (exact) mass is 183 g/mol. The molecule has 0 aromatic carbocycles. The van der Waals surface area contributed by atoms with E-state index in [1.165, 1.54) is 0 Å². The molecule has 1 rings (SSSR count). The largest absolute Gasteiger partial charge is 0.463 e. The lowest BCUT2D eigenvalue weighted by Gasteiger charge is -2.17. The zero-order valence-electron chi connectivity index (χ0n) is 8.52. The van der Waals surface area contributed by atoms with Crippen molar-refractivity contribution in [2.45, 2.75) is 27.2 Å². The van der Waals surface area contributed by atoms with Crippen molar-refractivity contribution in [2.24, 2.45) is 5.41 Å². The fourth-order valence-corrected chi connectivity index (χ4v) is 1.43. The van der Waals surface area contributed by atoms with Crippen molar-refractivity contribution in [3.05, 3.63) is 11.8 Å². The van der Waals surface area contributed by atoms with Crippen LogP contribution in [0.1, 0.15) is 27.2 Å². The summed E-state index contributed by atoms with van der Waals surface area (Å²) in [4.78, 5) is 11.1. The Labute approximate surface area is 79.2 Å². The highest BCUT2D eigenvalue weighted by atomic mass is 16.5. The van der Waals surface area contributed by atoms with Crippen LogP contribution in [0.25, 0.3) is 0 Å². The number of hydrogen-bond donors (Lipinski definition) is 1. The van der Waals surface area contributed by atoms with Crippen LogP contribution >= 0.6 is 0 Å². The molecule has 1 heterocycles. The Balaban J connectivity index is 2.65. The van der Waals surface area contributed by atoms with Crippen molar-refractivity contribution in [2.75, 3.05) is 13.2 Å². The van der Waals surface area contributed by atoms with E-state index < -0.39 is 0 Å². The van der Waals surface area contributed by atoms with Gasteiger partial charge in [0.1, 0.15) is 0 Å². The lowest BCUT2D eigenvalue weighted by atomic mass is 9.89. The van der Waals surface area contributed by atoms with Gasteiger partial charge in [-0.2, -0.15) is 0 Å². The molecule has 74 valence electrons. The van der Waals surface area contributed by atoms with Gasteiger partial charge in [0.2, 0.25) is 0 Å². The van der Waals surface area contributed by atoms with Crippen LogP contribution in [0.3, 0.4) is 0 Å². The van der Waals surface area contributed by atoms with Gasteiger partial charge in [-0.1, -0.05) is 13.8 Å². The fraction of sp³-hybridized carbons (Fsp3) is 0.700. The minimum Gasteiger partial charge on any atom is -0.463 e. The van der Waals surface area contributed by atoms with Gasteiger partial charge in [-0.15, -0.1) is 0 Å². The molecule has 0 amide bonds. The second-order valence-corrected chi connectivity index (χ2v) is 3.87.